The van der Waals surface area contributed by atoms with Gasteiger partial charge < -0.3 is 9.67 Å². The lowest BCUT2D eigenvalue weighted by atomic mass is 9.78. The zero-order valence-electron chi connectivity index (χ0n) is 18.1. The topological polar surface area (TPSA) is 72.2 Å². The van der Waals surface area contributed by atoms with Crippen LogP contribution in [0, 0.1) is 11.2 Å². The molecule has 0 saturated carbocycles. The number of nitrogens with zero attached hydrogens (tertiary/aromatic N) is 2. The number of aromatic nitrogens is 2. The average Bonchev–Trinajstić information content (AvgIpc) is 3.10. The Hall–Kier alpha value is -3.54. The van der Waals surface area contributed by atoms with Crippen molar-refractivity contribution < 1.29 is 14.3 Å². The number of rotatable bonds is 2. The molecule has 2 aromatic heterocycles. The van der Waals surface area contributed by atoms with E-state index in [0.717, 1.165) is 34.4 Å². The number of benzene rings is 1. The fourth-order valence-electron chi connectivity index (χ4n) is 4.90. The molecule has 6 heteroatoms. The lowest BCUT2D eigenvalue weighted by Gasteiger charge is -2.39. The van der Waals surface area contributed by atoms with Crippen LogP contribution in [0.5, 0.6) is 0 Å². The van der Waals surface area contributed by atoms with Crippen molar-refractivity contribution in [3.05, 3.63) is 87.2 Å². The number of aromatic carboxylic acids is 1. The summed E-state index contributed by atoms with van der Waals surface area (Å²) in [6.45, 7) is 6.39. The van der Waals surface area contributed by atoms with Crippen LogP contribution in [0.4, 0.5) is 4.39 Å². The first kappa shape index (κ1) is 20.4. The number of carbonyl (C=O) groups is 1. The van der Waals surface area contributed by atoms with E-state index in [9.17, 15) is 19.1 Å². The van der Waals surface area contributed by atoms with Crippen molar-refractivity contribution in [1.29, 1.82) is 0 Å². The highest BCUT2D eigenvalue weighted by Crippen LogP contribution is 2.50. The Labute approximate surface area is 184 Å². The highest BCUT2D eigenvalue weighted by molar-refractivity contribution is 5.98. The fraction of sp³-hybridized carbons (Fsp3) is 0.269. The highest BCUT2D eigenvalue weighted by Gasteiger charge is 2.37. The van der Waals surface area contributed by atoms with Crippen LogP contribution in [0.2, 0.25) is 0 Å². The summed E-state index contributed by atoms with van der Waals surface area (Å²) in [7, 11) is 0. The van der Waals surface area contributed by atoms with Crippen LogP contribution in [0.25, 0.3) is 22.4 Å². The molecule has 0 bridgehead atoms. The van der Waals surface area contributed by atoms with Gasteiger partial charge in [-0.1, -0.05) is 32.9 Å². The minimum atomic E-state index is -1.20. The number of carboxylic acids is 1. The summed E-state index contributed by atoms with van der Waals surface area (Å²) in [6, 6.07) is 10.7. The van der Waals surface area contributed by atoms with Gasteiger partial charge in [0, 0.05) is 36.0 Å². The van der Waals surface area contributed by atoms with Gasteiger partial charge in [-0.15, -0.1) is 0 Å². The van der Waals surface area contributed by atoms with Crippen LogP contribution in [0.3, 0.4) is 0 Å². The SMILES string of the molecule is CC(C)(C)[C@@H]1CC2=C(Cc3cc(-c4ccc(F)cn4)ccc32)c2cc(=O)c(C(=O)O)cn21. The molecule has 5 rings (SSSR count). The van der Waals surface area contributed by atoms with E-state index in [-0.39, 0.29) is 22.8 Å². The third-order valence-electron chi connectivity index (χ3n) is 6.54. The lowest BCUT2D eigenvalue weighted by molar-refractivity contribution is 0.0693. The first-order valence-corrected chi connectivity index (χ1v) is 10.6. The molecule has 0 unspecified atom stereocenters. The molecule has 0 fully saturated rings. The van der Waals surface area contributed by atoms with Crippen molar-refractivity contribution in [2.45, 2.75) is 39.7 Å². The number of hydrogen-bond donors (Lipinski definition) is 1. The van der Waals surface area contributed by atoms with Gasteiger partial charge in [-0.2, -0.15) is 0 Å². The number of allylic oxidation sites excluding steroid dienone is 2. The molecule has 3 aromatic rings. The van der Waals surface area contributed by atoms with Gasteiger partial charge in [0.1, 0.15) is 11.4 Å². The minimum absolute atomic E-state index is 0.0133. The van der Waals surface area contributed by atoms with Crippen LogP contribution < -0.4 is 5.43 Å². The lowest BCUT2D eigenvalue weighted by Crippen LogP contribution is -2.32. The standard InChI is InChI=1S/C26H23FN2O3/c1-26(2,3)24-10-18-17-6-4-14(21-7-5-16(27)12-28-21)8-15(17)9-19(18)22-11-23(30)20(25(31)32)13-29(22)24/h4-8,11-13,24H,9-10H2,1-3H3,(H,31,32)/t24-/m0/s1. The van der Waals surface area contributed by atoms with Gasteiger partial charge in [-0.05, 0) is 52.3 Å². The summed E-state index contributed by atoms with van der Waals surface area (Å²) in [5.74, 6) is -1.58. The maximum absolute atomic E-state index is 13.3. The molecule has 0 spiro atoms. The Morgan fingerprint density at radius 3 is 2.59 bits per heavy atom. The van der Waals surface area contributed by atoms with E-state index in [2.05, 4.69) is 37.9 Å². The Kier molecular flexibility index (Phi) is 4.45. The second-order valence-electron chi connectivity index (χ2n) is 9.60. The Morgan fingerprint density at radius 2 is 1.94 bits per heavy atom. The van der Waals surface area contributed by atoms with E-state index in [1.54, 1.807) is 6.07 Å². The summed E-state index contributed by atoms with van der Waals surface area (Å²) in [5, 5.41) is 9.49. The molecule has 0 radical (unpaired) electrons. The van der Waals surface area contributed by atoms with Crippen LogP contribution >= 0.6 is 0 Å². The predicted octanol–water partition coefficient (Wildman–Crippen LogP) is 5.21. The number of halogens is 1. The molecule has 1 N–H and O–H groups in total. The van der Waals surface area contributed by atoms with E-state index in [1.165, 1.54) is 30.1 Å². The average molecular weight is 430 g/mol. The summed E-state index contributed by atoms with van der Waals surface area (Å²) >= 11 is 0. The van der Waals surface area contributed by atoms with Crippen LogP contribution in [-0.2, 0) is 6.42 Å². The highest BCUT2D eigenvalue weighted by atomic mass is 19.1. The van der Waals surface area contributed by atoms with Crippen molar-refractivity contribution in [1.82, 2.24) is 9.55 Å². The van der Waals surface area contributed by atoms with Crippen molar-refractivity contribution in [2.24, 2.45) is 5.41 Å². The van der Waals surface area contributed by atoms with E-state index in [4.69, 9.17) is 0 Å². The number of fused-ring (bicyclic) bond motifs is 4. The smallest absolute Gasteiger partial charge is 0.341 e. The molecule has 1 atom stereocenters. The third kappa shape index (κ3) is 3.18. The minimum Gasteiger partial charge on any atom is -0.477 e. The van der Waals surface area contributed by atoms with Gasteiger partial charge >= 0.3 is 5.97 Å². The van der Waals surface area contributed by atoms with Gasteiger partial charge in [0.15, 0.2) is 5.43 Å². The Balaban J connectivity index is 1.64. The maximum atomic E-state index is 13.3. The molecule has 0 amide bonds. The van der Waals surface area contributed by atoms with Crippen LogP contribution in [-0.4, -0.2) is 20.6 Å². The van der Waals surface area contributed by atoms with Gasteiger partial charge in [-0.3, -0.25) is 9.78 Å². The molecule has 162 valence electrons. The molecule has 1 aliphatic heterocycles. The fourth-order valence-corrected chi connectivity index (χ4v) is 4.90. The van der Waals surface area contributed by atoms with Crippen molar-refractivity contribution in [2.75, 3.05) is 0 Å². The molecule has 3 heterocycles. The molecule has 32 heavy (non-hydrogen) atoms. The second-order valence-corrected chi connectivity index (χ2v) is 9.60. The Bertz CT molecular complexity index is 1360. The third-order valence-corrected chi connectivity index (χ3v) is 6.54. The molecule has 5 nitrogen and oxygen atoms in total. The first-order chi connectivity index (χ1) is 15.1. The van der Waals surface area contributed by atoms with E-state index in [0.29, 0.717) is 12.1 Å². The van der Waals surface area contributed by atoms with Crippen molar-refractivity contribution >= 4 is 17.1 Å². The van der Waals surface area contributed by atoms with Gasteiger partial charge in [-0.25, -0.2) is 9.18 Å². The van der Waals surface area contributed by atoms with Crippen molar-refractivity contribution in [3.63, 3.8) is 0 Å². The predicted molar refractivity (Wildman–Crippen MR) is 121 cm³/mol. The molecule has 0 saturated heterocycles. The summed E-state index contributed by atoms with van der Waals surface area (Å²) < 4.78 is 15.3. The molecule has 1 aliphatic carbocycles. The summed E-state index contributed by atoms with van der Waals surface area (Å²) in [6.07, 6.45) is 4.14. The molecule has 2 aliphatic rings. The number of hydrogen-bond acceptors (Lipinski definition) is 3. The first-order valence-electron chi connectivity index (χ1n) is 10.6. The molecular formula is C26H23FN2O3. The van der Waals surface area contributed by atoms with Gasteiger partial charge in [0.05, 0.1) is 11.9 Å². The zero-order valence-corrected chi connectivity index (χ0v) is 18.1. The second kappa shape index (κ2) is 6.99. The number of carboxylic acid groups (broad SMARTS) is 1. The quantitative estimate of drug-likeness (QED) is 0.606. The van der Waals surface area contributed by atoms with Crippen molar-refractivity contribution in [3.8, 4) is 11.3 Å². The normalized spacial score (nSPS) is 17.1. The van der Waals surface area contributed by atoms with Crippen LogP contribution in [0.1, 0.15) is 60.4 Å². The van der Waals surface area contributed by atoms with Gasteiger partial charge in [0.25, 0.3) is 0 Å². The Morgan fingerprint density at radius 1 is 1.16 bits per heavy atom. The molecule has 1 aromatic carbocycles. The largest absolute Gasteiger partial charge is 0.477 e. The summed E-state index contributed by atoms with van der Waals surface area (Å²) in [5.41, 5.74) is 6.15. The maximum Gasteiger partial charge on any atom is 0.341 e. The van der Waals surface area contributed by atoms with E-state index < -0.39 is 11.4 Å². The monoisotopic (exact) mass is 430 g/mol. The van der Waals surface area contributed by atoms with Gasteiger partial charge in [0.2, 0.25) is 0 Å². The summed E-state index contributed by atoms with van der Waals surface area (Å²) in [4.78, 5) is 28.4. The van der Waals surface area contributed by atoms with E-state index in [1.807, 2.05) is 10.6 Å². The molecular weight excluding hydrogens is 407 g/mol. The zero-order chi connectivity index (χ0) is 22.8. The number of pyridine rings is 2. The van der Waals surface area contributed by atoms with E-state index >= 15 is 0 Å². The van der Waals surface area contributed by atoms with Crippen LogP contribution in [0.15, 0.2) is 53.6 Å².